The van der Waals surface area contributed by atoms with Crippen molar-refractivity contribution in [2.75, 3.05) is 17.7 Å². The first kappa shape index (κ1) is 23.7. The summed E-state index contributed by atoms with van der Waals surface area (Å²) in [6.45, 7) is 3.14. The molecule has 0 aliphatic heterocycles. The standard InChI is InChI=1S/C24H27F2N9O/c1-13-29-17-5-4-16(31-22(17)34(13)11-18(25)26)15-10-19(36)35-20(15)21(28-3)32-23(33-35)30-14-6-8-24(2,12-27)9-7-14/h4-5,10,14,18,36H,6-9,11H2,1-3H3,(H2,28,30,32,33). The number of nitriles is 1. The molecule has 36 heavy (non-hydrogen) atoms. The van der Waals surface area contributed by atoms with Crippen LogP contribution in [0.3, 0.4) is 0 Å². The van der Waals surface area contributed by atoms with Gasteiger partial charge in [-0.25, -0.2) is 18.7 Å². The van der Waals surface area contributed by atoms with Crippen LogP contribution in [-0.4, -0.2) is 53.8 Å². The molecule has 188 valence electrons. The van der Waals surface area contributed by atoms with Crippen LogP contribution in [0.4, 0.5) is 20.5 Å². The van der Waals surface area contributed by atoms with Crippen LogP contribution in [0.2, 0.25) is 0 Å². The van der Waals surface area contributed by atoms with E-state index < -0.39 is 13.0 Å². The smallest absolute Gasteiger partial charge is 0.256 e. The highest BCUT2D eigenvalue weighted by atomic mass is 19.3. The Hall–Kier alpha value is -4.01. The summed E-state index contributed by atoms with van der Waals surface area (Å²) in [5.74, 6) is 1.16. The summed E-state index contributed by atoms with van der Waals surface area (Å²) in [5.41, 5.74) is 2.08. The predicted octanol–water partition coefficient (Wildman–Crippen LogP) is 4.35. The molecule has 12 heteroatoms. The minimum Gasteiger partial charge on any atom is -0.493 e. The second kappa shape index (κ2) is 8.89. The fraction of sp³-hybridized carbons (Fsp3) is 0.458. The molecule has 4 heterocycles. The number of rotatable bonds is 6. The maximum absolute atomic E-state index is 13.1. The lowest BCUT2D eigenvalue weighted by molar-refractivity contribution is 0.127. The Labute approximate surface area is 206 Å². The molecule has 0 bridgehead atoms. The number of alkyl halides is 2. The van der Waals surface area contributed by atoms with Gasteiger partial charge in [0.05, 0.1) is 23.7 Å². The van der Waals surface area contributed by atoms with Gasteiger partial charge in [-0.05, 0) is 51.7 Å². The molecule has 0 unspecified atom stereocenters. The number of pyridine rings is 1. The first-order chi connectivity index (χ1) is 17.2. The molecule has 0 atom stereocenters. The van der Waals surface area contributed by atoms with E-state index >= 15 is 0 Å². The molecule has 0 amide bonds. The maximum atomic E-state index is 13.1. The van der Waals surface area contributed by atoms with E-state index in [1.165, 1.54) is 15.1 Å². The van der Waals surface area contributed by atoms with Gasteiger partial charge in [0.15, 0.2) is 11.5 Å². The topological polar surface area (TPSA) is 129 Å². The largest absolute Gasteiger partial charge is 0.493 e. The fourth-order valence-corrected chi connectivity index (χ4v) is 4.84. The molecule has 0 aromatic carbocycles. The zero-order valence-electron chi connectivity index (χ0n) is 20.3. The summed E-state index contributed by atoms with van der Waals surface area (Å²) in [4.78, 5) is 13.6. The van der Waals surface area contributed by atoms with Crippen molar-refractivity contribution in [1.82, 2.24) is 29.1 Å². The van der Waals surface area contributed by atoms with Crippen molar-refractivity contribution < 1.29 is 13.9 Å². The minimum atomic E-state index is -2.54. The van der Waals surface area contributed by atoms with Crippen molar-refractivity contribution >= 4 is 28.4 Å². The van der Waals surface area contributed by atoms with Gasteiger partial charge in [0, 0.05) is 24.7 Å². The molecular weight excluding hydrogens is 468 g/mol. The molecule has 4 aromatic heterocycles. The highest BCUT2D eigenvalue weighted by Crippen LogP contribution is 2.37. The number of nitrogens with one attached hydrogen (secondary N) is 2. The Morgan fingerprint density at radius 2 is 2.00 bits per heavy atom. The van der Waals surface area contributed by atoms with Gasteiger partial charge in [0.2, 0.25) is 11.8 Å². The lowest BCUT2D eigenvalue weighted by Crippen LogP contribution is -2.31. The van der Waals surface area contributed by atoms with Crippen molar-refractivity contribution in [2.45, 2.75) is 58.5 Å². The number of hydrogen-bond donors (Lipinski definition) is 3. The molecule has 5 rings (SSSR count). The van der Waals surface area contributed by atoms with Gasteiger partial charge >= 0.3 is 0 Å². The molecule has 4 aromatic rings. The second-order valence-corrected chi connectivity index (χ2v) is 9.50. The van der Waals surface area contributed by atoms with Crippen LogP contribution in [0.25, 0.3) is 27.9 Å². The number of aromatic hydroxyl groups is 1. The zero-order valence-corrected chi connectivity index (χ0v) is 20.3. The number of hydrogen-bond acceptors (Lipinski definition) is 8. The third kappa shape index (κ3) is 4.14. The molecule has 1 fully saturated rings. The van der Waals surface area contributed by atoms with E-state index in [-0.39, 0.29) is 17.3 Å². The second-order valence-electron chi connectivity index (χ2n) is 9.50. The fourth-order valence-electron chi connectivity index (χ4n) is 4.84. The Kier molecular flexibility index (Phi) is 5.86. The first-order valence-electron chi connectivity index (χ1n) is 11.8. The van der Waals surface area contributed by atoms with Crippen LogP contribution < -0.4 is 10.6 Å². The summed E-state index contributed by atoms with van der Waals surface area (Å²) >= 11 is 0. The normalized spacial score (nSPS) is 20.2. The van der Waals surface area contributed by atoms with E-state index in [2.05, 4.69) is 36.8 Å². The lowest BCUT2D eigenvalue weighted by atomic mass is 9.75. The van der Waals surface area contributed by atoms with Gasteiger partial charge in [0.25, 0.3) is 6.43 Å². The summed E-state index contributed by atoms with van der Waals surface area (Å²) in [5, 5.41) is 31.0. The SMILES string of the molecule is CNc1nc(NC2CCC(C)(C#N)CC2)nn2c(O)cc(-c3ccc4nc(C)n(CC(F)F)c4n3)c12. The number of fused-ring (bicyclic) bond motifs is 2. The van der Waals surface area contributed by atoms with Crippen molar-refractivity contribution in [2.24, 2.45) is 5.41 Å². The zero-order chi connectivity index (χ0) is 25.6. The predicted molar refractivity (Wildman–Crippen MR) is 131 cm³/mol. The average molecular weight is 496 g/mol. The number of imidazole rings is 1. The van der Waals surface area contributed by atoms with Crippen LogP contribution in [0.15, 0.2) is 18.2 Å². The third-order valence-electron chi connectivity index (χ3n) is 6.90. The molecule has 1 aliphatic carbocycles. The van der Waals surface area contributed by atoms with Crippen LogP contribution in [0, 0.1) is 23.7 Å². The van der Waals surface area contributed by atoms with E-state index in [0.29, 0.717) is 45.5 Å². The van der Waals surface area contributed by atoms with Gasteiger partial charge in [-0.1, -0.05) is 0 Å². The van der Waals surface area contributed by atoms with Gasteiger partial charge in [-0.2, -0.15) is 14.8 Å². The molecular formula is C24H27F2N9O. The lowest BCUT2D eigenvalue weighted by Gasteiger charge is -2.32. The molecule has 10 nitrogen and oxygen atoms in total. The summed E-state index contributed by atoms with van der Waals surface area (Å²) < 4.78 is 29.1. The van der Waals surface area contributed by atoms with Crippen LogP contribution in [0.5, 0.6) is 5.88 Å². The summed E-state index contributed by atoms with van der Waals surface area (Å²) in [6, 6.07) is 7.51. The molecule has 0 radical (unpaired) electrons. The molecule has 0 spiro atoms. The molecule has 1 aliphatic rings. The van der Waals surface area contributed by atoms with Gasteiger partial charge < -0.3 is 20.3 Å². The number of aryl methyl sites for hydroxylation is 1. The Morgan fingerprint density at radius 3 is 2.67 bits per heavy atom. The van der Waals surface area contributed by atoms with E-state index in [9.17, 15) is 19.1 Å². The van der Waals surface area contributed by atoms with E-state index in [1.807, 2.05) is 6.92 Å². The van der Waals surface area contributed by atoms with Gasteiger partial charge in [-0.15, -0.1) is 5.10 Å². The number of halogens is 2. The number of anilines is 2. The van der Waals surface area contributed by atoms with Crippen molar-refractivity contribution in [1.29, 1.82) is 5.26 Å². The Morgan fingerprint density at radius 1 is 1.25 bits per heavy atom. The van der Waals surface area contributed by atoms with E-state index in [4.69, 9.17) is 0 Å². The van der Waals surface area contributed by atoms with Crippen molar-refractivity contribution in [3.8, 4) is 23.2 Å². The monoisotopic (exact) mass is 495 g/mol. The van der Waals surface area contributed by atoms with Crippen molar-refractivity contribution in [3.05, 3.63) is 24.0 Å². The summed E-state index contributed by atoms with van der Waals surface area (Å²) in [7, 11) is 1.72. The van der Waals surface area contributed by atoms with Crippen LogP contribution >= 0.6 is 0 Å². The molecule has 0 saturated heterocycles. The third-order valence-corrected chi connectivity index (χ3v) is 6.90. The highest BCUT2D eigenvalue weighted by molar-refractivity contribution is 5.90. The molecule has 3 N–H and O–H groups in total. The highest BCUT2D eigenvalue weighted by Gasteiger charge is 2.31. The van der Waals surface area contributed by atoms with E-state index in [1.54, 1.807) is 26.1 Å². The van der Waals surface area contributed by atoms with Crippen LogP contribution in [-0.2, 0) is 6.54 Å². The number of aromatic nitrogens is 6. The van der Waals surface area contributed by atoms with Crippen LogP contribution in [0.1, 0.15) is 38.4 Å². The first-order valence-corrected chi connectivity index (χ1v) is 11.8. The average Bonchev–Trinajstić information content (AvgIpc) is 3.35. The Bertz CT molecular complexity index is 1480. The quantitative estimate of drug-likeness (QED) is 0.360. The minimum absolute atomic E-state index is 0.109. The van der Waals surface area contributed by atoms with Crippen molar-refractivity contribution in [3.63, 3.8) is 0 Å². The van der Waals surface area contributed by atoms with Gasteiger partial charge in [0.1, 0.15) is 16.9 Å². The van der Waals surface area contributed by atoms with Gasteiger partial charge in [-0.3, -0.25) is 0 Å². The summed E-state index contributed by atoms with van der Waals surface area (Å²) in [6.07, 6.45) is 0.671. The molecule has 1 saturated carbocycles. The Balaban J connectivity index is 1.53. The number of nitrogens with zero attached hydrogens (tertiary/aromatic N) is 7. The van der Waals surface area contributed by atoms with E-state index in [0.717, 1.165) is 25.7 Å². The maximum Gasteiger partial charge on any atom is 0.256 e.